The zero-order valence-corrected chi connectivity index (χ0v) is 38.2. The lowest BCUT2D eigenvalue weighted by Crippen LogP contribution is -2.60. The summed E-state index contributed by atoms with van der Waals surface area (Å²) in [5, 5.41) is 5.35. The van der Waals surface area contributed by atoms with E-state index in [4.69, 9.17) is 0 Å². The molecular formula is C57H53BN2S. The molecule has 0 unspecified atom stereocenters. The average Bonchev–Trinajstić information content (AvgIpc) is 3.82. The van der Waals surface area contributed by atoms with Gasteiger partial charge in [0.25, 0.3) is 0 Å². The van der Waals surface area contributed by atoms with Crippen molar-refractivity contribution in [1.82, 2.24) is 4.57 Å². The maximum atomic E-state index is 2.71. The van der Waals surface area contributed by atoms with E-state index in [9.17, 15) is 0 Å². The van der Waals surface area contributed by atoms with Crippen LogP contribution in [0.2, 0.25) is 0 Å². The highest BCUT2D eigenvalue weighted by Gasteiger charge is 2.45. The Morgan fingerprint density at radius 1 is 0.492 bits per heavy atom. The summed E-state index contributed by atoms with van der Waals surface area (Å²) in [7, 11) is 0. The second-order valence-electron chi connectivity index (χ2n) is 21.9. The number of fused-ring (bicyclic) bond motifs is 14. The highest BCUT2D eigenvalue weighted by molar-refractivity contribution is 7.25. The molecule has 9 aromatic rings. The molecule has 3 aliphatic rings. The van der Waals surface area contributed by atoms with Crippen LogP contribution in [0.5, 0.6) is 0 Å². The highest BCUT2D eigenvalue weighted by Crippen LogP contribution is 2.53. The molecule has 1 aliphatic carbocycles. The predicted octanol–water partition coefficient (Wildman–Crippen LogP) is 14.6. The summed E-state index contributed by atoms with van der Waals surface area (Å²) in [4.78, 5) is 2.71. The van der Waals surface area contributed by atoms with E-state index in [1.54, 1.807) is 0 Å². The zero-order chi connectivity index (χ0) is 42.3. The monoisotopic (exact) mass is 808 g/mol. The number of anilines is 2. The molecule has 2 aliphatic heterocycles. The molecule has 4 heteroatoms. The number of aromatic nitrogens is 1. The van der Waals surface area contributed by atoms with Gasteiger partial charge in [0.15, 0.2) is 0 Å². The van der Waals surface area contributed by atoms with Crippen molar-refractivity contribution >= 4 is 82.5 Å². The Kier molecular flexibility index (Phi) is 7.24. The topological polar surface area (TPSA) is 8.17 Å². The fourth-order valence-corrected chi connectivity index (χ4v) is 12.4. The molecule has 0 radical (unpaired) electrons. The molecule has 0 spiro atoms. The van der Waals surface area contributed by atoms with Crippen LogP contribution in [0.1, 0.15) is 104 Å². The molecule has 0 amide bonds. The quantitative estimate of drug-likeness (QED) is 0.150. The number of thiophene rings is 1. The van der Waals surface area contributed by atoms with Crippen molar-refractivity contribution < 1.29 is 0 Å². The summed E-state index contributed by atoms with van der Waals surface area (Å²) in [5.74, 6) is 0. The van der Waals surface area contributed by atoms with Gasteiger partial charge in [-0.25, -0.2) is 0 Å². The van der Waals surface area contributed by atoms with Crippen molar-refractivity contribution in [1.29, 1.82) is 0 Å². The lowest BCUT2D eigenvalue weighted by atomic mass is 9.43. The summed E-state index contributed by atoms with van der Waals surface area (Å²) in [6.07, 6.45) is 0. The van der Waals surface area contributed by atoms with Gasteiger partial charge in [-0.05, 0) is 120 Å². The third-order valence-electron chi connectivity index (χ3n) is 14.6. The third-order valence-corrected chi connectivity index (χ3v) is 15.8. The smallest absolute Gasteiger partial charge is 0.333 e. The maximum absolute atomic E-state index is 2.71. The van der Waals surface area contributed by atoms with E-state index < -0.39 is 0 Å². The van der Waals surface area contributed by atoms with E-state index in [0.717, 1.165) is 0 Å². The number of nitrogens with zero attached hydrogens (tertiary/aromatic N) is 2. The number of rotatable bonds is 1. The van der Waals surface area contributed by atoms with Crippen LogP contribution < -0.4 is 15.7 Å². The fourth-order valence-electron chi connectivity index (χ4n) is 11.2. The Hall–Kier alpha value is -5.58. The molecule has 0 saturated heterocycles. The van der Waals surface area contributed by atoms with Crippen LogP contribution >= 0.6 is 11.3 Å². The standard InChI is InChI=1S/C57H53BN2S/c1-54(2,3)32-16-20-35(21-17-32)60-49-31-51-43(37-22-18-34(56(7,8)9)27-50(37)61-51)29-41(49)38-23-24-39-42-28-40-36-14-12-13-15-44(36)57(10,11)45(40)30-48(42)59-47-25-19-33(55(4,5)6)26-46(47)58(60)52(38)53(39)59/h12-31H,1-11H3. The molecule has 0 saturated carbocycles. The number of hydrogen-bond donors (Lipinski definition) is 0. The van der Waals surface area contributed by atoms with Gasteiger partial charge in [0.1, 0.15) is 0 Å². The second kappa shape index (κ2) is 11.9. The van der Waals surface area contributed by atoms with Crippen LogP contribution in [0, 0.1) is 0 Å². The molecule has 2 aromatic heterocycles. The SMILES string of the molecule is CC(C)(C)c1ccc(N2B3c4cc(C(C)(C)C)ccc4-n4c5cc6c(cc5c5ccc(c3c54)-c3cc4c(cc32)sc2cc(C(C)(C)C)ccc24)-c2ccccc2C6(C)C)cc1. The van der Waals surface area contributed by atoms with Crippen LogP contribution in [-0.2, 0) is 21.7 Å². The molecule has 0 bridgehead atoms. The largest absolute Gasteiger partial charge is 0.376 e. The minimum Gasteiger partial charge on any atom is -0.376 e. The van der Waals surface area contributed by atoms with Crippen LogP contribution in [0.15, 0.2) is 121 Å². The summed E-state index contributed by atoms with van der Waals surface area (Å²) < 4.78 is 5.35. The molecule has 0 fully saturated rings. The Labute approximate surface area is 365 Å². The average molecular weight is 809 g/mol. The molecule has 61 heavy (non-hydrogen) atoms. The molecule has 0 N–H and O–H groups in total. The number of hydrogen-bond acceptors (Lipinski definition) is 2. The van der Waals surface area contributed by atoms with Gasteiger partial charge in [-0.15, -0.1) is 11.3 Å². The van der Waals surface area contributed by atoms with Crippen LogP contribution in [0.3, 0.4) is 0 Å². The predicted molar refractivity (Wildman–Crippen MR) is 266 cm³/mol. The Bertz CT molecular complexity index is 3390. The van der Waals surface area contributed by atoms with Gasteiger partial charge in [-0.1, -0.05) is 149 Å². The minimum atomic E-state index is -0.0936. The van der Waals surface area contributed by atoms with E-state index >= 15 is 0 Å². The molecule has 300 valence electrons. The van der Waals surface area contributed by atoms with E-state index in [1.165, 1.54) is 120 Å². The lowest BCUT2D eigenvalue weighted by Gasteiger charge is -2.42. The van der Waals surface area contributed by atoms with E-state index in [1.807, 2.05) is 11.3 Å². The summed E-state index contributed by atoms with van der Waals surface area (Å²) >= 11 is 1.94. The zero-order valence-electron chi connectivity index (χ0n) is 37.4. The van der Waals surface area contributed by atoms with Crippen LogP contribution in [0.4, 0.5) is 11.4 Å². The van der Waals surface area contributed by atoms with Crippen molar-refractivity contribution in [2.24, 2.45) is 0 Å². The Balaban J connectivity index is 1.22. The summed E-state index contributed by atoms with van der Waals surface area (Å²) in [5.41, 5.74) is 21.6. The van der Waals surface area contributed by atoms with E-state index in [2.05, 4.69) is 207 Å². The Morgan fingerprint density at radius 3 is 1.87 bits per heavy atom. The molecule has 12 rings (SSSR count). The van der Waals surface area contributed by atoms with E-state index in [0.29, 0.717) is 0 Å². The first-order valence-corrected chi connectivity index (χ1v) is 23.0. The van der Waals surface area contributed by atoms with Gasteiger partial charge in [0.05, 0.1) is 11.0 Å². The van der Waals surface area contributed by atoms with Crippen molar-refractivity contribution in [2.45, 2.75) is 97.8 Å². The van der Waals surface area contributed by atoms with Gasteiger partial charge in [0.2, 0.25) is 0 Å². The van der Waals surface area contributed by atoms with Gasteiger partial charge in [0, 0.05) is 59.0 Å². The maximum Gasteiger partial charge on any atom is 0.333 e. The van der Waals surface area contributed by atoms with Gasteiger partial charge < -0.3 is 9.38 Å². The first-order valence-electron chi connectivity index (χ1n) is 22.2. The molecular weight excluding hydrogens is 756 g/mol. The first kappa shape index (κ1) is 37.2. The Morgan fingerprint density at radius 2 is 1.13 bits per heavy atom. The fraction of sp³-hybridized carbons (Fsp3) is 0.263. The van der Waals surface area contributed by atoms with Crippen molar-refractivity contribution in [3.63, 3.8) is 0 Å². The molecule has 0 atom stereocenters. The normalized spacial score (nSPS) is 15.2. The van der Waals surface area contributed by atoms with E-state index in [-0.39, 0.29) is 28.5 Å². The minimum absolute atomic E-state index is 0.0135. The van der Waals surface area contributed by atoms with Gasteiger partial charge >= 0.3 is 6.85 Å². The third kappa shape index (κ3) is 5.03. The molecule has 2 nitrogen and oxygen atoms in total. The van der Waals surface area contributed by atoms with Crippen molar-refractivity contribution in [2.75, 3.05) is 4.81 Å². The van der Waals surface area contributed by atoms with Gasteiger partial charge in [-0.3, -0.25) is 0 Å². The summed E-state index contributed by atoms with van der Waals surface area (Å²) in [6.45, 7) is 25.7. The lowest BCUT2D eigenvalue weighted by molar-refractivity contribution is 0.590. The van der Waals surface area contributed by atoms with Crippen molar-refractivity contribution in [3.8, 4) is 27.9 Å². The molecule has 4 heterocycles. The highest BCUT2D eigenvalue weighted by atomic mass is 32.1. The number of benzene rings is 7. The van der Waals surface area contributed by atoms with Gasteiger partial charge in [-0.2, -0.15) is 0 Å². The first-order chi connectivity index (χ1) is 28.9. The molecule has 7 aromatic carbocycles. The summed E-state index contributed by atoms with van der Waals surface area (Å²) in [6, 6.07) is 48.2. The van der Waals surface area contributed by atoms with Crippen molar-refractivity contribution in [3.05, 3.63) is 149 Å². The van der Waals surface area contributed by atoms with Crippen LogP contribution in [0.25, 0.3) is 69.9 Å². The second-order valence-corrected chi connectivity index (χ2v) is 22.9. The van der Waals surface area contributed by atoms with Crippen LogP contribution in [-0.4, -0.2) is 11.4 Å².